The van der Waals surface area contributed by atoms with Crippen molar-refractivity contribution in [2.24, 2.45) is 5.92 Å². The van der Waals surface area contributed by atoms with E-state index in [-0.39, 0.29) is 12.0 Å². The third-order valence-electron chi connectivity index (χ3n) is 3.04. The van der Waals surface area contributed by atoms with Gasteiger partial charge in [0.15, 0.2) is 0 Å². The molecule has 2 unspecified atom stereocenters. The number of methoxy groups -OCH3 is 1. The Morgan fingerprint density at radius 1 is 1.47 bits per heavy atom. The van der Waals surface area contributed by atoms with E-state index in [0.29, 0.717) is 12.6 Å². The maximum absolute atomic E-state index is 11.8. The highest BCUT2D eigenvalue weighted by molar-refractivity contribution is 5.82. The van der Waals surface area contributed by atoms with Gasteiger partial charge in [-0.25, -0.2) is 0 Å². The number of unbranched alkanes of at least 4 members (excludes halogenated alkanes) is 1. The van der Waals surface area contributed by atoms with E-state index in [9.17, 15) is 4.79 Å². The van der Waals surface area contributed by atoms with Gasteiger partial charge in [-0.05, 0) is 19.3 Å². The minimum absolute atomic E-state index is 0.0951. The van der Waals surface area contributed by atoms with Gasteiger partial charge in [0.2, 0.25) is 0 Å². The van der Waals surface area contributed by atoms with Crippen LogP contribution >= 0.6 is 0 Å². The van der Waals surface area contributed by atoms with E-state index < -0.39 is 0 Å². The third-order valence-corrected chi connectivity index (χ3v) is 3.04. The van der Waals surface area contributed by atoms with E-state index in [2.05, 4.69) is 6.92 Å². The van der Waals surface area contributed by atoms with Crippen LogP contribution in [0.15, 0.2) is 0 Å². The molecule has 15 heavy (non-hydrogen) atoms. The predicted molar refractivity (Wildman–Crippen MR) is 58.6 cm³/mol. The Bertz CT molecular complexity index is 191. The summed E-state index contributed by atoms with van der Waals surface area (Å²) in [5.74, 6) is 0.504. The molecule has 0 saturated heterocycles. The number of carbonyl (C=O) groups excluding carboxylic acids is 1. The quantitative estimate of drug-likeness (QED) is 0.637. The van der Waals surface area contributed by atoms with Gasteiger partial charge in [-0.1, -0.05) is 19.8 Å². The molecule has 0 spiro atoms. The number of Topliss-reactive ketones (excluding diaryl/α,β-unsaturated/α-hetero) is 1. The molecular formula is C12H22O3. The van der Waals surface area contributed by atoms with E-state index >= 15 is 0 Å². The molecule has 1 fully saturated rings. The van der Waals surface area contributed by atoms with Crippen LogP contribution in [-0.4, -0.2) is 25.8 Å². The minimum atomic E-state index is 0.0951. The van der Waals surface area contributed by atoms with Crippen LogP contribution in [0.4, 0.5) is 0 Å². The van der Waals surface area contributed by atoms with Crippen molar-refractivity contribution in [1.82, 2.24) is 0 Å². The van der Waals surface area contributed by atoms with E-state index in [1.54, 1.807) is 7.11 Å². The van der Waals surface area contributed by atoms with Crippen molar-refractivity contribution in [3.63, 3.8) is 0 Å². The molecule has 0 bridgehead atoms. The van der Waals surface area contributed by atoms with Gasteiger partial charge in [0, 0.05) is 19.4 Å². The van der Waals surface area contributed by atoms with Gasteiger partial charge in [0.05, 0.1) is 6.10 Å². The first-order chi connectivity index (χ1) is 7.29. The lowest BCUT2D eigenvalue weighted by atomic mass is 9.82. The lowest BCUT2D eigenvalue weighted by Gasteiger charge is -2.30. The van der Waals surface area contributed by atoms with E-state index in [1.807, 2.05) is 0 Å². The van der Waals surface area contributed by atoms with Crippen LogP contribution in [0.25, 0.3) is 0 Å². The fourth-order valence-corrected chi connectivity index (χ4v) is 2.20. The van der Waals surface area contributed by atoms with Gasteiger partial charge in [-0.3, -0.25) is 4.79 Å². The van der Waals surface area contributed by atoms with Crippen molar-refractivity contribution in [2.45, 2.75) is 51.6 Å². The van der Waals surface area contributed by atoms with Crippen LogP contribution in [0.1, 0.15) is 45.4 Å². The summed E-state index contributed by atoms with van der Waals surface area (Å²) in [7, 11) is 1.62. The smallest absolute Gasteiger partial charge is 0.146 e. The topological polar surface area (TPSA) is 35.5 Å². The Morgan fingerprint density at radius 3 is 2.93 bits per heavy atom. The predicted octanol–water partition coefficient (Wildman–Crippen LogP) is 2.53. The fraction of sp³-hybridized carbons (Fsp3) is 0.917. The standard InChI is InChI=1S/C12H22O3/c1-3-4-6-10-11(13)7-5-8-12(10)15-9-14-2/h10,12H,3-9H2,1-2H3. The summed E-state index contributed by atoms with van der Waals surface area (Å²) < 4.78 is 10.5. The molecular weight excluding hydrogens is 192 g/mol. The highest BCUT2D eigenvalue weighted by Gasteiger charge is 2.31. The minimum Gasteiger partial charge on any atom is -0.359 e. The summed E-state index contributed by atoms with van der Waals surface area (Å²) in [5, 5.41) is 0. The van der Waals surface area contributed by atoms with Crippen molar-refractivity contribution in [2.75, 3.05) is 13.9 Å². The lowest BCUT2D eigenvalue weighted by Crippen LogP contribution is -2.35. The van der Waals surface area contributed by atoms with Crippen molar-refractivity contribution < 1.29 is 14.3 Å². The van der Waals surface area contributed by atoms with E-state index in [4.69, 9.17) is 9.47 Å². The van der Waals surface area contributed by atoms with Crippen molar-refractivity contribution in [3.8, 4) is 0 Å². The van der Waals surface area contributed by atoms with Crippen molar-refractivity contribution in [3.05, 3.63) is 0 Å². The molecule has 0 heterocycles. The molecule has 1 aliphatic carbocycles. The van der Waals surface area contributed by atoms with Crippen molar-refractivity contribution in [1.29, 1.82) is 0 Å². The molecule has 1 saturated carbocycles. The second-order valence-electron chi connectivity index (χ2n) is 4.22. The molecule has 0 aromatic carbocycles. The molecule has 0 aromatic rings. The van der Waals surface area contributed by atoms with Crippen molar-refractivity contribution >= 4 is 5.78 Å². The average molecular weight is 214 g/mol. The molecule has 0 N–H and O–H groups in total. The first-order valence-corrected chi connectivity index (χ1v) is 5.92. The van der Waals surface area contributed by atoms with E-state index in [0.717, 1.165) is 38.5 Å². The Kier molecular flexibility index (Phi) is 5.88. The molecule has 1 aliphatic rings. The van der Waals surface area contributed by atoms with Gasteiger partial charge in [0.1, 0.15) is 12.6 Å². The fourth-order valence-electron chi connectivity index (χ4n) is 2.20. The molecule has 3 heteroatoms. The molecule has 1 rings (SSSR count). The van der Waals surface area contributed by atoms with Gasteiger partial charge in [-0.2, -0.15) is 0 Å². The van der Waals surface area contributed by atoms with Crippen LogP contribution in [0.5, 0.6) is 0 Å². The normalized spacial score (nSPS) is 26.9. The zero-order valence-corrected chi connectivity index (χ0v) is 9.83. The number of ether oxygens (including phenoxy) is 2. The number of ketones is 1. The average Bonchev–Trinajstić information content (AvgIpc) is 2.25. The molecule has 3 nitrogen and oxygen atoms in total. The number of hydrogen-bond acceptors (Lipinski definition) is 3. The Labute approximate surface area is 92.1 Å². The summed E-state index contributed by atoms with van der Waals surface area (Å²) in [6.07, 6.45) is 6.03. The Hall–Kier alpha value is -0.410. The summed E-state index contributed by atoms with van der Waals surface area (Å²) in [5.41, 5.74) is 0. The van der Waals surface area contributed by atoms with E-state index in [1.165, 1.54) is 0 Å². The Balaban J connectivity index is 2.44. The largest absolute Gasteiger partial charge is 0.359 e. The highest BCUT2D eigenvalue weighted by atomic mass is 16.7. The van der Waals surface area contributed by atoms with Gasteiger partial charge >= 0.3 is 0 Å². The zero-order valence-electron chi connectivity index (χ0n) is 9.83. The molecule has 0 radical (unpaired) electrons. The number of rotatable bonds is 6. The number of carbonyl (C=O) groups is 1. The summed E-state index contributed by atoms with van der Waals surface area (Å²) >= 11 is 0. The van der Waals surface area contributed by atoms with Gasteiger partial charge in [0.25, 0.3) is 0 Å². The van der Waals surface area contributed by atoms with Gasteiger partial charge < -0.3 is 9.47 Å². The highest BCUT2D eigenvalue weighted by Crippen LogP contribution is 2.28. The summed E-state index contributed by atoms with van der Waals surface area (Å²) in [6.45, 7) is 2.46. The molecule has 0 aromatic heterocycles. The van der Waals surface area contributed by atoms with Crippen LogP contribution in [0.3, 0.4) is 0 Å². The summed E-state index contributed by atoms with van der Waals surface area (Å²) in [6, 6.07) is 0. The van der Waals surface area contributed by atoms with Crippen LogP contribution < -0.4 is 0 Å². The Morgan fingerprint density at radius 2 is 2.27 bits per heavy atom. The summed E-state index contributed by atoms with van der Waals surface area (Å²) in [4.78, 5) is 11.8. The third kappa shape index (κ3) is 3.92. The molecule has 88 valence electrons. The van der Waals surface area contributed by atoms with Gasteiger partial charge in [-0.15, -0.1) is 0 Å². The second-order valence-corrected chi connectivity index (χ2v) is 4.22. The maximum Gasteiger partial charge on any atom is 0.146 e. The van der Waals surface area contributed by atoms with Crippen LogP contribution in [0.2, 0.25) is 0 Å². The molecule has 0 aliphatic heterocycles. The van der Waals surface area contributed by atoms with Crippen LogP contribution in [-0.2, 0) is 14.3 Å². The lowest BCUT2D eigenvalue weighted by molar-refractivity contribution is -0.141. The zero-order chi connectivity index (χ0) is 11.1. The second kappa shape index (κ2) is 6.96. The first kappa shape index (κ1) is 12.7. The SMILES string of the molecule is CCCCC1C(=O)CCCC1OCOC. The monoisotopic (exact) mass is 214 g/mol. The molecule has 0 amide bonds. The van der Waals surface area contributed by atoms with Crippen LogP contribution in [0, 0.1) is 5.92 Å². The number of hydrogen-bond donors (Lipinski definition) is 0. The first-order valence-electron chi connectivity index (χ1n) is 5.92. The molecule has 2 atom stereocenters. The maximum atomic E-state index is 11.8.